The van der Waals surface area contributed by atoms with E-state index in [0.717, 1.165) is 11.1 Å². The second kappa shape index (κ2) is 14.8. The molecule has 0 bridgehead atoms. The van der Waals surface area contributed by atoms with Crippen molar-refractivity contribution in [1.82, 2.24) is 0 Å². The SMILES string of the molecule is O=C([O-])c1ccccc1OCc1ccccc1.O=C([O-])c1ccccc1OCc1ccccc1.[Ca+2]. The zero-order valence-electron chi connectivity index (χ0n) is 19.0. The molecule has 0 aliphatic rings. The summed E-state index contributed by atoms with van der Waals surface area (Å²) in [6, 6.07) is 32.0. The van der Waals surface area contributed by atoms with Crippen LogP contribution in [0.15, 0.2) is 109 Å². The maximum Gasteiger partial charge on any atom is 2.00 e. The van der Waals surface area contributed by atoms with E-state index in [1.165, 1.54) is 12.1 Å². The van der Waals surface area contributed by atoms with Crippen molar-refractivity contribution in [1.29, 1.82) is 0 Å². The average Bonchev–Trinajstić information content (AvgIpc) is 2.88. The molecule has 0 radical (unpaired) electrons. The van der Waals surface area contributed by atoms with E-state index in [0.29, 0.717) is 24.7 Å². The molecule has 0 amide bonds. The van der Waals surface area contributed by atoms with Gasteiger partial charge in [-0.3, -0.25) is 0 Å². The molecular weight excluding hydrogens is 472 g/mol. The summed E-state index contributed by atoms with van der Waals surface area (Å²) in [5.41, 5.74) is 2.12. The second-order valence-electron chi connectivity index (χ2n) is 7.12. The van der Waals surface area contributed by atoms with Gasteiger partial charge in [0.25, 0.3) is 0 Å². The van der Waals surface area contributed by atoms with Gasteiger partial charge in [0.15, 0.2) is 0 Å². The maximum atomic E-state index is 10.8. The molecule has 0 heterocycles. The summed E-state index contributed by atoms with van der Waals surface area (Å²) >= 11 is 0. The fraction of sp³-hybridized carbons (Fsp3) is 0.0714. The van der Waals surface area contributed by atoms with Gasteiger partial charge in [0.1, 0.15) is 24.7 Å². The number of hydrogen-bond acceptors (Lipinski definition) is 6. The molecule has 0 unspecified atom stereocenters. The van der Waals surface area contributed by atoms with E-state index in [2.05, 4.69) is 0 Å². The summed E-state index contributed by atoms with van der Waals surface area (Å²) in [6.45, 7) is 0.677. The normalized spacial score (nSPS) is 9.60. The van der Waals surface area contributed by atoms with Crippen molar-refractivity contribution in [3.8, 4) is 11.5 Å². The third kappa shape index (κ3) is 9.09. The molecule has 6 nitrogen and oxygen atoms in total. The number of ether oxygens (including phenoxy) is 2. The zero-order chi connectivity index (χ0) is 24.2. The fourth-order valence-electron chi connectivity index (χ4n) is 2.99. The van der Waals surface area contributed by atoms with Crippen LogP contribution in [0.5, 0.6) is 11.5 Å². The molecule has 0 aliphatic carbocycles. The predicted octanol–water partition coefficient (Wildman–Crippen LogP) is 2.88. The fourth-order valence-corrected chi connectivity index (χ4v) is 2.99. The Morgan fingerprint density at radius 3 is 1.17 bits per heavy atom. The number of carboxylic acid groups (broad SMARTS) is 2. The van der Waals surface area contributed by atoms with Crippen LogP contribution in [0.3, 0.4) is 0 Å². The summed E-state index contributed by atoms with van der Waals surface area (Å²) < 4.78 is 10.9. The van der Waals surface area contributed by atoms with Crippen LogP contribution in [0.1, 0.15) is 31.8 Å². The molecule has 0 atom stereocenters. The Labute approximate surface area is 233 Å². The van der Waals surface area contributed by atoms with Gasteiger partial charge in [-0.15, -0.1) is 0 Å². The Hall–Kier alpha value is -3.32. The third-order valence-electron chi connectivity index (χ3n) is 4.69. The smallest absolute Gasteiger partial charge is 0.545 e. The molecule has 0 saturated heterocycles. The van der Waals surface area contributed by atoms with Crippen LogP contribution in [0.2, 0.25) is 0 Å². The van der Waals surface area contributed by atoms with Gasteiger partial charge in [-0.05, 0) is 35.4 Å². The maximum absolute atomic E-state index is 10.8. The molecule has 4 aromatic rings. The Bertz CT molecular complexity index is 1120. The molecule has 172 valence electrons. The van der Waals surface area contributed by atoms with Crippen LogP contribution in [0, 0.1) is 0 Å². The minimum absolute atomic E-state index is 0. The summed E-state index contributed by atoms with van der Waals surface area (Å²) in [5.74, 6) is -1.80. The van der Waals surface area contributed by atoms with E-state index in [1.54, 1.807) is 36.4 Å². The summed E-state index contributed by atoms with van der Waals surface area (Å²) in [6.07, 6.45) is 0. The summed E-state index contributed by atoms with van der Waals surface area (Å²) in [5, 5.41) is 21.7. The largest absolute Gasteiger partial charge is 2.00 e. The first-order chi connectivity index (χ1) is 16.5. The van der Waals surface area contributed by atoms with Crippen molar-refractivity contribution in [2.45, 2.75) is 13.2 Å². The molecule has 0 aliphatic heterocycles. The molecule has 0 saturated carbocycles. The van der Waals surface area contributed by atoms with Crippen LogP contribution in [0.25, 0.3) is 0 Å². The van der Waals surface area contributed by atoms with Crippen LogP contribution in [-0.2, 0) is 13.2 Å². The molecule has 0 fully saturated rings. The number of rotatable bonds is 8. The van der Waals surface area contributed by atoms with Gasteiger partial charge in [-0.2, -0.15) is 0 Å². The van der Waals surface area contributed by atoms with Gasteiger partial charge in [0, 0.05) is 11.1 Å². The number of aromatic carboxylic acids is 2. The third-order valence-corrected chi connectivity index (χ3v) is 4.69. The topological polar surface area (TPSA) is 98.7 Å². The number of benzene rings is 4. The van der Waals surface area contributed by atoms with Crippen molar-refractivity contribution in [3.05, 3.63) is 131 Å². The monoisotopic (exact) mass is 494 g/mol. The molecule has 35 heavy (non-hydrogen) atoms. The Morgan fingerprint density at radius 2 is 0.829 bits per heavy atom. The molecule has 0 N–H and O–H groups in total. The van der Waals surface area contributed by atoms with E-state index in [4.69, 9.17) is 9.47 Å². The quantitative estimate of drug-likeness (QED) is 0.350. The molecule has 0 spiro atoms. The number of para-hydroxylation sites is 2. The Kier molecular flexibility index (Phi) is 11.8. The second-order valence-corrected chi connectivity index (χ2v) is 7.12. The van der Waals surface area contributed by atoms with Gasteiger partial charge in [-0.25, -0.2) is 0 Å². The first kappa shape index (κ1) is 27.9. The minimum Gasteiger partial charge on any atom is -0.545 e. The molecule has 0 aromatic heterocycles. The number of carboxylic acids is 2. The van der Waals surface area contributed by atoms with Gasteiger partial charge < -0.3 is 29.3 Å². The van der Waals surface area contributed by atoms with Gasteiger partial charge in [0.05, 0.1) is 11.9 Å². The number of carbonyl (C=O) groups is 2. The first-order valence-corrected chi connectivity index (χ1v) is 10.5. The summed E-state index contributed by atoms with van der Waals surface area (Å²) in [4.78, 5) is 21.7. The van der Waals surface area contributed by atoms with Crippen LogP contribution in [-0.4, -0.2) is 49.7 Å². The van der Waals surface area contributed by atoms with E-state index in [9.17, 15) is 19.8 Å². The molecule has 4 aromatic carbocycles. The van der Waals surface area contributed by atoms with E-state index in [-0.39, 0.29) is 48.9 Å². The minimum atomic E-state index is -1.23. The summed E-state index contributed by atoms with van der Waals surface area (Å²) in [7, 11) is 0. The van der Waals surface area contributed by atoms with Crippen LogP contribution >= 0.6 is 0 Å². The molecule has 7 heteroatoms. The Balaban J connectivity index is 0.000000240. The predicted molar refractivity (Wildman–Crippen MR) is 129 cm³/mol. The zero-order valence-corrected chi connectivity index (χ0v) is 21.2. The first-order valence-electron chi connectivity index (χ1n) is 10.5. The van der Waals surface area contributed by atoms with Gasteiger partial charge in [0.2, 0.25) is 0 Å². The van der Waals surface area contributed by atoms with Crippen molar-refractivity contribution in [2.75, 3.05) is 0 Å². The van der Waals surface area contributed by atoms with Crippen molar-refractivity contribution >= 4 is 49.7 Å². The van der Waals surface area contributed by atoms with Gasteiger partial charge >= 0.3 is 37.7 Å². The van der Waals surface area contributed by atoms with Crippen molar-refractivity contribution in [2.24, 2.45) is 0 Å². The van der Waals surface area contributed by atoms with Gasteiger partial charge in [-0.1, -0.05) is 84.9 Å². The molecular formula is C28H22CaO6. The average molecular weight is 495 g/mol. The van der Waals surface area contributed by atoms with Crippen LogP contribution < -0.4 is 19.7 Å². The van der Waals surface area contributed by atoms with E-state index >= 15 is 0 Å². The van der Waals surface area contributed by atoms with E-state index in [1.807, 2.05) is 60.7 Å². The number of hydrogen-bond donors (Lipinski definition) is 0. The molecule has 4 rings (SSSR count). The van der Waals surface area contributed by atoms with Crippen molar-refractivity contribution in [3.63, 3.8) is 0 Å². The number of carbonyl (C=O) groups excluding carboxylic acids is 2. The van der Waals surface area contributed by atoms with Crippen LogP contribution in [0.4, 0.5) is 0 Å². The Morgan fingerprint density at radius 1 is 0.514 bits per heavy atom. The van der Waals surface area contributed by atoms with Crippen molar-refractivity contribution < 1.29 is 29.3 Å². The van der Waals surface area contributed by atoms with E-state index < -0.39 is 11.9 Å². The standard InChI is InChI=1S/2C14H12O3.Ca/c2*15-14(16)12-8-4-5-9-13(12)17-10-11-6-2-1-3-7-11;/h2*1-9H,10H2,(H,15,16);/q;;+2/p-2.